The van der Waals surface area contributed by atoms with Gasteiger partial charge in [-0.2, -0.15) is 10.1 Å². The lowest BCUT2D eigenvalue weighted by molar-refractivity contribution is -0.274. The van der Waals surface area contributed by atoms with Gasteiger partial charge in [-0.25, -0.2) is 19.9 Å². The van der Waals surface area contributed by atoms with E-state index in [1.54, 1.807) is 36.0 Å². The number of nitrogens with zero attached hydrogens (tertiary/aromatic N) is 6. The van der Waals surface area contributed by atoms with Crippen LogP contribution in [0.5, 0.6) is 5.75 Å². The number of benzene rings is 3. The first-order chi connectivity index (χ1) is 20.6. The number of aryl methyl sites for hydroxylation is 2. The second kappa shape index (κ2) is 12.7. The van der Waals surface area contributed by atoms with Crippen LogP contribution in [0, 0.1) is 6.92 Å². The molecular formula is C30H28F3N7O2S. The minimum absolute atomic E-state index is 0.200. The molecule has 222 valence electrons. The van der Waals surface area contributed by atoms with Gasteiger partial charge in [-0.15, -0.1) is 18.3 Å². The molecule has 0 bridgehead atoms. The summed E-state index contributed by atoms with van der Waals surface area (Å²) in [7, 11) is 0. The van der Waals surface area contributed by atoms with Gasteiger partial charge in [-0.1, -0.05) is 60.6 Å². The number of aliphatic imine (C=N–C) groups is 1. The number of carbonyl (C=O) groups is 1. The second-order valence-corrected chi connectivity index (χ2v) is 10.7. The Morgan fingerprint density at radius 3 is 2.58 bits per heavy atom. The fourth-order valence-corrected chi connectivity index (χ4v) is 5.60. The molecule has 1 unspecified atom stereocenters. The molecule has 1 aromatic heterocycles. The van der Waals surface area contributed by atoms with Crippen LogP contribution in [0.15, 0.2) is 83.2 Å². The number of aromatic nitrogens is 3. The predicted molar refractivity (Wildman–Crippen MR) is 162 cm³/mol. The highest BCUT2D eigenvalue weighted by atomic mass is 32.2. The molecule has 4 aromatic rings. The Kier molecular flexibility index (Phi) is 8.81. The SMILES string of the molecule is CCc1cc(C)ccc1N1/C(=N/C(=O)N/N=C/c2ccc(-c3ncn(-c4ccc(OC(F)(F)F)cc4)n3)cc2)SCC1C. The number of amidine groups is 1. The molecular weight excluding hydrogens is 579 g/mol. The summed E-state index contributed by atoms with van der Waals surface area (Å²) in [5.41, 5.74) is 7.91. The molecule has 0 aliphatic carbocycles. The van der Waals surface area contributed by atoms with Crippen molar-refractivity contribution in [1.29, 1.82) is 0 Å². The van der Waals surface area contributed by atoms with E-state index in [9.17, 15) is 18.0 Å². The molecule has 13 heteroatoms. The number of alkyl halides is 3. The average molecular weight is 608 g/mol. The maximum Gasteiger partial charge on any atom is 0.573 e. The Morgan fingerprint density at radius 1 is 1.14 bits per heavy atom. The van der Waals surface area contributed by atoms with Gasteiger partial charge >= 0.3 is 12.4 Å². The molecule has 5 rings (SSSR count). The number of anilines is 1. The number of hydrogen-bond donors (Lipinski definition) is 1. The summed E-state index contributed by atoms with van der Waals surface area (Å²) in [6.07, 6.45) is -0.901. The van der Waals surface area contributed by atoms with E-state index in [-0.39, 0.29) is 11.8 Å². The third-order valence-electron chi connectivity index (χ3n) is 6.54. The Morgan fingerprint density at radius 2 is 1.88 bits per heavy atom. The van der Waals surface area contributed by atoms with Gasteiger partial charge in [0.15, 0.2) is 11.0 Å². The normalized spacial score (nSPS) is 16.3. The largest absolute Gasteiger partial charge is 0.573 e. The highest BCUT2D eigenvalue weighted by Gasteiger charge is 2.31. The zero-order valence-electron chi connectivity index (χ0n) is 23.5. The van der Waals surface area contributed by atoms with Crippen molar-refractivity contribution in [2.45, 2.75) is 39.6 Å². The van der Waals surface area contributed by atoms with E-state index in [1.165, 1.54) is 52.6 Å². The van der Waals surface area contributed by atoms with Crippen molar-refractivity contribution in [3.8, 4) is 22.8 Å². The van der Waals surface area contributed by atoms with E-state index in [0.717, 1.165) is 29.0 Å². The molecule has 1 atom stereocenters. The molecule has 9 nitrogen and oxygen atoms in total. The van der Waals surface area contributed by atoms with E-state index < -0.39 is 12.4 Å². The molecule has 0 saturated carbocycles. The Balaban J connectivity index is 1.20. The number of urea groups is 1. The zero-order valence-corrected chi connectivity index (χ0v) is 24.4. The monoisotopic (exact) mass is 607 g/mol. The van der Waals surface area contributed by atoms with Crippen molar-refractivity contribution < 1.29 is 22.7 Å². The lowest BCUT2D eigenvalue weighted by Crippen LogP contribution is -2.33. The molecule has 43 heavy (non-hydrogen) atoms. The number of hydrogen-bond acceptors (Lipinski definition) is 6. The van der Waals surface area contributed by atoms with Crippen LogP contribution in [0.2, 0.25) is 0 Å². The van der Waals surface area contributed by atoms with Gasteiger partial charge in [0.25, 0.3) is 0 Å². The first-order valence-corrected chi connectivity index (χ1v) is 14.4. The maximum atomic E-state index is 12.6. The predicted octanol–water partition coefficient (Wildman–Crippen LogP) is 6.75. The van der Waals surface area contributed by atoms with E-state index >= 15 is 0 Å². The Bertz CT molecular complexity index is 1650. The maximum absolute atomic E-state index is 12.6. The third-order valence-corrected chi connectivity index (χ3v) is 7.74. The number of carbonyl (C=O) groups excluding carboxylic acids is 1. The second-order valence-electron chi connectivity index (χ2n) is 9.76. The first kappa shape index (κ1) is 29.8. The van der Waals surface area contributed by atoms with Gasteiger partial charge in [0.05, 0.1) is 11.9 Å². The van der Waals surface area contributed by atoms with Crippen molar-refractivity contribution in [2.75, 3.05) is 10.7 Å². The minimum atomic E-state index is -4.75. The molecule has 1 aliphatic heterocycles. The summed E-state index contributed by atoms with van der Waals surface area (Å²) in [4.78, 5) is 23.3. The molecule has 1 fully saturated rings. The van der Waals surface area contributed by atoms with Crippen LogP contribution in [0.25, 0.3) is 17.1 Å². The van der Waals surface area contributed by atoms with Gasteiger partial charge in [0, 0.05) is 23.0 Å². The highest BCUT2D eigenvalue weighted by Crippen LogP contribution is 2.33. The van der Waals surface area contributed by atoms with Crippen LogP contribution in [-0.4, -0.2) is 50.3 Å². The number of hydrazone groups is 1. The minimum Gasteiger partial charge on any atom is -0.406 e. The van der Waals surface area contributed by atoms with Crippen molar-refractivity contribution in [2.24, 2.45) is 10.1 Å². The first-order valence-electron chi connectivity index (χ1n) is 13.4. The quantitative estimate of drug-likeness (QED) is 0.185. The lowest BCUT2D eigenvalue weighted by atomic mass is 10.1. The zero-order chi connectivity index (χ0) is 30.6. The van der Waals surface area contributed by atoms with E-state index in [1.807, 2.05) is 0 Å². The Labute approximate surface area is 250 Å². The van der Waals surface area contributed by atoms with Crippen LogP contribution in [0.3, 0.4) is 0 Å². The molecule has 1 N–H and O–H groups in total. The highest BCUT2D eigenvalue weighted by molar-refractivity contribution is 8.14. The number of thioether (sulfide) groups is 1. The van der Waals surface area contributed by atoms with E-state index in [4.69, 9.17) is 0 Å². The van der Waals surface area contributed by atoms with Crippen molar-refractivity contribution in [1.82, 2.24) is 20.2 Å². The topological polar surface area (TPSA) is 97.0 Å². The van der Waals surface area contributed by atoms with Gasteiger partial charge < -0.3 is 9.64 Å². The van der Waals surface area contributed by atoms with Crippen molar-refractivity contribution in [3.05, 3.63) is 89.7 Å². The van der Waals surface area contributed by atoms with Crippen LogP contribution in [0.4, 0.5) is 23.7 Å². The standard InChI is InChI=1S/C30H28F3N7O2S/c1-4-22-15-19(2)5-14-26(22)40-20(3)17-43-29(40)36-28(41)37-35-16-21-6-8-23(9-7-21)27-34-18-39(38-27)24-10-12-25(13-11-24)42-30(31,32)33/h5-16,18,20H,4,17H2,1-3H3,(H,37,41)/b35-16+,36-29-. The number of amides is 2. The average Bonchev–Trinajstić information content (AvgIpc) is 3.60. The third kappa shape index (κ3) is 7.41. The van der Waals surface area contributed by atoms with Gasteiger partial charge in [-0.3, -0.25) is 0 Å². The summed E-state index contributed by atoms with van der Waals surface area (Å²) in [6, 6.07) is 18.4. The van der Waals surface area contributed by atoms with Crippen molar-refractivity contribution in [3.63, 3.8) is 0 Å². The van der Waals surface area contributed by atoms with Crippen LogP contribution in [0.1, 0.15) is 30.5 Å². The Hall–Kier alpha value is -4.65. The lowest BCUT2D eigenvalue weighted by Gasteiger charge is -2.26. The number of halogens is 3. The summed E-state index contributed by atoms with van der Waals surface area (Å²) in [5, 5.41) is 9.08. The summed E-state index contributed by atoms with van der Waals surface area (Å²) >= 11 is 1.54. The molecule has 2 amide bonds. The van der Waals surface area contributed by atoms with E-state index in [2.05, 4.69) is 74.2 Å². The molecule has 1 aliphatic rings. The molecule has 3 aromatic carbocycles. The van der Waals surface area contributed by atoms with Gasteiger partial charge in [-0.05, 0) is 61.7 Å². The number of rotatable bonds is 7. The van der Waals surface area contributed by atoms with Crippen LogP contribution in [-0.2, 0) is 6.42 Å². The molecule has 1 saturated heterocycles. The fraction of sp³-hybridized carbons (Fsp3) is 0.233. The molecule has 2 heterocycles. The summed E-state index contributed by atoms with van der Waals surface area (Å²) < 4.78 is 42.5. The van der Waals surface area contributed by atoms with Crippen LogP contribution < -0.4 is 15.1 Å². The fourth-order valence-electron chi connectivity index (χ4n) is 4.50. The number of ether oxygens (including phenoxy) is 1. The van der Waals surface area contributed by atoms with Crippen molar-refractivity contribution >= 4 is 34.9 Å². The van der Waals surface area contributed by atoms with Gasteiger partial charge in [0.2, 0.25) is 0 Å². The summed E-state index contributed by atoms with van der Waals surface area (Å²) in [5.74, 6) is 0.935. The van der Waals surface area contributed by atoms with E-state index in [0.29, 0.717) is 16.7 Å². The summed E-state index contributed by atoms with van der Waals surface area (Å²) in [6.45, 7) is 6.29. The molecule has 0 radical (unpaired) electrons. The van der Waals surface area contributed by atoms with Gasteiger partial charge in [0.1, 0.15) is 12.1 Å². The molecule has 0 spiro atoms. The smallest absolute Gasteiger partial charge is 0.406 e. The van der Waals surface area contributed by atoms with Crippen LogP contribution >= 0.6 is 11.8 Å². The number of nitrogens with one attached hydrogen (secondary N) is 1.